The van der Waals surface area contributed by atoms with Crippen LogP contribution in [-0.4, -0.2) is 4.98 Å². The summed E-state index contributed by atoms with van der Waals surface area (Å²) in [6.07, 6.45) is 1.81. The summed E-state index contributed by atoms with van der Waals surface area (Å²) in [5.74, 6) is 1.34. The van der Waals surface area contributed by atoms with Crippen molar-refractivity contribution in [3.63, 3.8) is 0 Å². The number of fused-ring (bicyclic) bond motifs is 1. The summed E-state index contributed by atoms with van der Waals surface area (Å²) in [5, 5.41) is 5.65. The Bertz CT molecular complexity index is 704. The zero-order chi connectivity index (χ0) is 13.1. The predicted octanol–water partition coefficient (Wildman–Crippen LogP) is 4.72. The molecule has 0 radical (unpaired) electrons. The van der Waals surface area contributed by atoms with Gasteiger partial charge in [0.1, 0.15) is 5.82 Å². The van der Waals surface area contributed by atoms with Crippen LogP contribution in [0.15, 0.2) is 60.8 Å². The molecule has 0 atom stereocenters. The van der Waals surface area contributed by atoms with Crippen molar-refractivity contribution in [3.8, 4) is 0 Å². The molecule has 0 amide bonds. The number of alkyl halides is 1. The first-order valence-corrected chi connectivity index (χ1v) is 6.66. The lowest BCUT2D eigenvalue weighted by molar-refractivity contribution is 1.31. The van der Waals surface area contributed by atoms with Crippen LogP contribution in [0.3, 0.4) is 0 Å². The van der Waals surface area contributed by atoms with Crippen LogP contribution in [-0.2, 0) is 5.88 Å². The van der Waals surface area contributed by atoms with Crippen LogP contribution in [0.2, 0.25) is 0 Å². The Morgan fingerprint density at radius 2 is 1.74 bits per heavy atom. The Morgan fingerprint density at radius 1 is 0.947 bits per heavy atom. The van der Waals surface area contributed by atoms with Gasteiger partial charge < -0.3 is 5.32 Å². The third kappa shape index (κ3) is 2.40. The molecule has 0 aliphatic rings. The highest BCUT2D eigenvalue weighted by molar-refractivity contribution is 6.17. The van der Waals surface area contributed by atoms with Crippen LogP contribution in [0.4, 0.5) is 11.5 Å². The maximum absolute atomic E-state index is 5.96. The molecular weight excluding hydrogens is 256 g/mol. The fourth-order valence-corrected chi connectivity index (χ4v) is 2.34. The molecule has 19 heavy (non-hydrogen) atoms. The van der Waals surface area contributed by atoms with Gasteiger partial charge in [0, 0.05) is 23.2 Å². The largest absolute Gasteiger partial charge is 0.339 e. The summed E-state index contributed by atoms with van der Waals surface area (Å²) in [6, 6.07) is 18.2. The molecule has 3 aromatic rings. The molecule has 1 aromatic heterocycles. The van der Waals surface area contributed by atoms with Gasteiger partial charge in [0.15, 0.2) is 0 Å². The first kappa shape index (κ1) is 12.0. The molecule has 0 spiro atoms. The number of rotatable bonds is 3. The second-order valence-electron chi connectivity index (χ2n) is 4.30. The second kappa shape index (κ2) is 5.29. The smallest absolute Gasteiger partial charge is 0.138 e. The third-order valence-corrected chi connectivity index (χ3v) is 3.38. The number of nitrogens with zero attached hydrogens (tertiary/aromatic N) is 1. The van der Waals surface area contributed by atoms with Crippen molar-refractivity contribution in [3.05, 3.63) is 66.4 Å². The summed E-state index contributed by atoms with van der Waals surface area (Å²) >= 11 is 5.96. The lowest BCUT2D eigenvalue weighted by atomic mass is 10.1. The minimum Gasteiger partial charge on any atom is -0.339 e. The van der Waals surface area contributed by atoms with Gasteiger partial charge in [-0.2, -0.15) is 0 Å². The Labute approximate surface area is 117 Å². The normalized spacial score (nSPS) is 10.6. The Hall–Kier alpha value is -2.06. The minimum atomic E-state index is 0.480. The lowest BCUT2D eigenvalue weighted by Gasteiger charge is -2.11. The van der Waals surface area contributed by atoms with Gasteiger partial charge in [0.25, 0.3) is 0 Å². The predicted molar refractivity (Wildman–Crippen MR) is 81.0 cm³/mol. The van der Waals surface area contributed by atoms with E-state index >= 15 is 0 Å². The number of nitrogens with one attached hydrogen (secondary N) is 1. The van der Waals surface area contributed by atoms with Crippen molar-refractivity contribution in [2.24, 2.45) is 0 Å². The number of pyridine rings is 1. The number of aromatic nitrogens is 1. The zero-order valence-corrected chi connectivity index (χ0v) is 11.1. The van der Waals surface area contributed by atoms with Crippen LogP contribution in [0.5, 0.6) is 0 Å². The van der Waals surface area contributed by atoms with E-state index < -0.39 is 0 Å². The molecule has 2 aromatic carbocycles. The highest BCUT2D eigenvalue weighted by atomic mass is 35.5. The second-order valence-corrected chi connectivity index (χ2v) is 4.56. The molecular formula is C16H13ClN2. The van der Waals surface area contributed by atoms with Gasteiger partial charge in [0.2, 0.25) is 0 Å². The molecule has 0 fully saturated rings. The molecule has 0 bridgehead atoms. The molecule has 1 heterocycles. The molecule has 3 rings (SSSR count). The van der Waals surface area contributed by atoms with Crippen LogP contribution in [0.1, 0.15) is 5.56 Å². The van der Waals surface area contributed by atoms with Crippen LogP contribution < -0.4 is 5.32 Å². The van der Waals surface area contributed by atoms with E-state index in [9.17, 15) is 0 Å². The average molecular weight is 269 g/mol. The summed E-state index contributed by atoms with van der Waals surface area (Å²) in [5.41, 5.74) is 2.07. The van der Waals surface area contributed by atoms with E-state index in [2.05, 4.69) is 22.4 Å². The summed E-state index contributed by atoms with van der Waals surface area (Å²) < 4.78 is 0. The summed E-state index contributed by atoms with van der Waals surface area (Å²) in [7, 11) is 0. The molecule has 2 nitrogen and oxygen atoms in total. The quantitative estimate of drug-likeness (QED) is 0.696. The number of halogens is 1. The Kier molecular flexibility index (Phi) is 3.34. The minimum absolute atomic E-state index is 0.480. The maximum Gasteiger partial charge on any atom is 0.138 e. The number of para-hydroxylation sites is 1. The number of anilines is 2. The Balaban J connectivity index is 2.06. The van der Waals surface area contributed by atoms with Crippen molar-refractivity contribution in [1.29, 1.82) is 0 Å². The van der Waals surface area contributed by atoms with Gasteiger partial charge in [-0.15, -0.1) is 11.6 Å². The maximum atomic E-state index is 5.96. The molecule has 0 aliphatic heterocycles. The van der Waals surface area contributed by atoms with Gasteiger partial charge in [-0.25, -0.2) is 4.98 Å². The average Bonchev–Trinajstić information content (AvgIpc) is 2.48. The third-order valence-electron chi connectivity index (χ3n) is 3.09. The van der Waals surface area contributed by atoms with Crippen molar-refractivity contribution in [2.45, 2.75) is 5.88 Å². The van der Waals surface area contributed by atoms with Crippen molar-refractivity contribution in [2.75, 3.05) is 5.32 Å². The zero-order valence-electron chi connectivity index (χ0n) is 10.3. The number of hydrogen-bond donors (Lipinski definition) is 1. The number of hydrogen-bond acceptors (Lipinski definition) is 2. The van der Waals surface area contributed by atoms with Crippen molar-refractivity contribution < 1.29 is 0 Å². The molecule has 1 N–H and O–H groups in total. The Morgan fingerprint density at radius 3 is 2.63 bits per heavy atom. The SMILES string of the molecule is ClCc1ccccc1Nc1nccc2ccccc12. The number of benzene rings is 2. The van der Waals surface area contributed by atoms with E-state index in [1.807, 2.05) is 48.7 Å². The van der Waals surface area contributed by atoms with Gasteiger partial charge in [-0.05, 0) is 23.1 Å². The van der Waals surface area contributed by atoms with Gasteiger partial charge in [0.05, 0.1) is 0 Å². The van der Waals surface area contributed by atoms with Crippen LogP contribution >= 0.6 is 11.6 Å². The molecule has 94 valence electrons. The fourth-order valence-electron chi connectivity index (χ4n) is 2.11. The van der Waals surface area contributed by atoms with Crippen molar-refractivity contribution >= 4 is 33.9 Å². The molecule has 0 unspecified atom stereocenters. The molecule has 0 aliphatic carbocycles. The standard InChI is InChI=1S/C16H13ClN2/c17-11-13-6-2-4-8-15(13)19-16-14-7-3-1-5-12(14)9-10-18-16/h1-10H,11H2,(H,18,19). The molecule has 3 heteroatoms. The van der Waals surface area contributed by atoms with E-state index in [1.54, 1.807) is 0 Å². The van der Waals surface area contributed by atoms with Crippen LogP contribution in [0, 0.1) is 0 Å². The summed E-state index contributed by atoms with van der Waals surface area (Å²) in [6.45, 7) is 0. The van der Waals surface area contributed by atoms with E-state index in [0.717, 1.165) is 22.5 Å². The first-order valence-electron chi connectivity index (χ1n) is 6.13. The highest BCUT2D eigenvalue weighted by Crippen LogP contribution is 2.26. The molecule has 0 saturated carbocycles. The topological polar surface area (TPSA) is 24.9 Å². The van der Waals surface area contributed by atoms with Gasteiger partial charge in [-0.1, -0.05) is 42.5 Å². The van der Waals surface area contributed by atoms with E-state index in [0.29, 0.717) is 5.88 Å². The van der Waals surface area contributed by atoms with E-state index in [1.165, 1.54) is 5.39 Å². The van der Waals surface area contributed by atoms with Crippen LogP contribution in [0.25, 0.3) is 10.8 Å². The fraction of sp³-hybridized carbons (Fsp3) is 0.0625. The van der Waals surface area contributed by atoms with Gasteiger partial charge >= 0.3 is 0 Å². The van der Waals surface area contributed by atoms with Crippen molar-refractivity contribution in [1.82, 2.24) is 4.98 Å². The highest BCUT2D eigenvalue weighted by Gasteiger charge is 2.05. The monoisotopic (exact) mass is 268 g/mol. The lowest BCUT2D eigenvalue weighted by Crippen LogP contribution is -1.97. The van der Waals surface area contributed by atoms with Gasteiger partial charge in [-0.3, -0.25) is 0 Å². The van der Waals surface area contributed by atoms with E-state index in [4.69, 9.17) is 11.6 Å². The molecule has 0 saturated heterocycles. The first-order chi connectivity index (χ1) is 9.38. The van der Waals surface area contributed by atoms with E-state index in [-0.39, 0.29) is 0 Å². The summed E-state index contributed by atoms with van der Waals surface area (Å²) in [4.78, 5) is 4.42.